The van der Waals surface area contributed by atoms with Crippen molar-refractivity contribution in [1.29, 1.82) is 0 Å². The predicted octanol–water partition coefficient (Wildman–Crippen LogP) is 2.91. The number of piperazine rings is 1. The van der Waals surface area contributed by atoms with Crippen LogP contribution in [-0.4, -0.2) is 54.9 Å². The molecule has 2 heterocycles. The smallest absolute Gasteiger partial charge is 0.324 e. The van der Waals surface area contributed by atoms with Crippen molar-refractivity contribution in [3.05, 3.63) is 24.3 Å². The molecule has 0 radical (unpaired) electrons. The fourth-order valence-corrected chi connectivity index (χ4v) is 2.83. The highest BCUT2D eigenvalue weighted by atomic mass is 16.5. The van der Waals surface area contributed by atoms with E-state index in [0.29, 0.717) is 11.8 Å². The largest absolute Gasteiger partial charge is 0.497 e. The van der Waals surface area contributed by atoms with Crippen molar-refractivity contribution in [2.24, 2.45) is 5.92 Å². The third-order valence-corrected chi connectivity index (χ3v) is 4.41. The zero-order chi connectivity index (χ0) is 16.9. The SMILES string of the molecule is COc1cccc(-c2noc(N3CCN(CCC(C)C)CC3)n2)c1. The van der Waals surface area contributed by atoms with Gasteiger partial charge in [0.05, 0.1) is 7.11 Å². The molecule has 6 heteroatoms. The van der Waals surface area contributed by atoms with Crippen LogP contribution in [0.15, 0.2) is 28.8 Å². The number of ether oxygens (including phenoxy) is 1. The van der Waals surface area contributed by atoms with Crippen molar-refractivity contribution in [2.45, 2.75) is 20.3 Å². The Bertz CT molecular complexity index is 648. The van der Waals surface area contributed by atoms with Gasteiger partial charge in [-0.2, -0.15) is 4.98 Å². The maximum Gasteiger partial charge on any atom is 0.324 e. The normalized spacial score (nSPS) is 15.9. The standard InChI is InChI=1S/C18H26N4O2/c1-14(2)7-8-21-9-11-22(12-10-21)18-19-17(20-24-18)15-5-4-6-16(13-15)23-3/h4-6,13-14H,7-12H2,1-3H3. The average Bonchev–Trinajstić information content (AvgIpc) is 3.10. The highest BCUT2D eigenvalue weighted by Gasteiger charge is 2.21. The molecule has 1 fully saturated rings. The molecule has 0 spiro atoms. The van der Waals surface area contributed by atoms with Crippen LogP contribution in [0.4, 0.5) is 6.01 Å². The van der Waals surface area contributed by atoms with Crippen LogP contribution in [0, 0.1) is 5.92 Å². The highest BCUT2D eigenvalue weighted by Crippen LogP contribution is 2.24. The Kier molecular flexibility index (Phi) is 5.35. The van der Waals surface area contributed by atoms with Crippen LogP contribution in [0.5, 0.6) is 5.75 Å². The van der Waals surface area contributed by atoms with E-state index in [4.69, 9.17) is 9.26 Å². The Morgan fingerprint density at radius 2 is 2.00 bits per heavy atom. The lowest BCUT2D eigenvalue weighted by molar-refractivity contribution is 0.237. The number of hydrogen-bond donors (Lipinski definition) is 0. The molecule has 0 unspecified atom stereocenters. The van der Waals surface area contributed by atoms with E-state index in [0.717, 1.165) is 43.4 Å². The first-order valence-corrected chi connectivity index (χ1v) is 8.61. The fourth-order valence-electron chi connectivity index (χ4n) is 2.83. The lowest BCUT2D eigenvalue weighted by Crippen LogP contribution is -2.46. The fraction of sp³-hybridized carbons (Fsp3) is 0.556. The van der Waals surface area contributed by atoms with Crippen LogP contribution in [0.1, 0.15) is 20.3 Å². The van der Waals surface area contributed by atoms with E-state index in [1.54, 1.807) is 7.11 Å². The lowest BCUT2D eigenvalue weighted by Gasteiger charge is -2.33. The summed E-state index contributed by atoms with van der Waals surface area (Å²) in [5.74, 6) is 2.15. The lowest BCUT2D eigenvalue weighted by atomic mass is 10.1. The van der Waals surface area contributed by atoms with Crippen LogP contribution >= 0.6 is 0 Å². The van der Waals surface area contributed by atoms with Crippen LogP contribution in [0.25, 0.3) is 11.4 Å². The van der Waals surface area contributed by atoms with Gasteiger partial charge >= 0.3 is 6.01 Å². The summed E-state index contributed by atoms with van der Waals surface area (Å²) in [7, 11) is 1.65. The molecule has 0 N–H and O–H groups in total. The topological polar surface area (TPSA) is 54.6 Å². The number of benzene rings is 1. The molecule has 0 saturated carbocycles. The maximum atomic E-state index is 5.47. The van der Waals surface area contributed by atoms with E-state index in [-0.39, 0.29) is 0 Å². The number of methoxy groups -OCH3 is 1. The van der Waals surface area contributed by atoms with Crippen LogP contribution in [0.3, 0.4) is 0 Å². The van der Waals surface area contributed by atoms with Crippen LogP contribution < -0.4 is 9.64 Å². The molecule has 1 aromatic carbocycles. The van der Waals surface area contributed by atoms with E-state index in [9.17, 15) is 0 Å². The van der Waals surface area contributed by atoms with Crippen LogP contribution in [-0.2, 0) is 0 Å². The van der Waals surface area contributed by atoms with Gasteiger partial charge in [0.1, 0.15) is 5.75 Å². The van der Waals surface area contributed by atoms with Crippen molar-refractivity contribution in [3.63, 3.8) is 0 Å². The monoisotopic (exact) mass is 330 g/mol. The summed E-state index contributed by atoms with van der Waals surface area (Å²) in [5, 5.41) is 4.12. The number of hydrogen-bond acceptors (Lipinski definition) is 6. The average molecular weight is 330 g/mol. The number of aromatic nitrogens is 2. The summed E-state index contributed by atoms with van der Waals surface area (Å²) >= 11 is 0. The second kappa shape index (κ2) is 7.66. The van der Waals surface area contributed by atoms with Gasteiger partial charge in [0.25, 0.3) is 0 Å². The second-order valence-corrected chi connectivity index (χ2v) is 6.64. The Hall–Kier alpha value is -2.08. The van der Waals surface area contributed by atoms with E-state index in [1.807, 2.05) is 24.3 Å². The minimum atomic E-state index is 0.603. The van der Waals surface area contributed by atoms with Crippen molar-refractivity contribution >= 4 is 6.01 Å². The molecule has 1 aromatic heterocycles. The number of nitrogens with zero attached hydrogens (tertiary/aromatic N) is 4. The summed E-state index contributed by atoms with van der Waals surface area (Å²) in [6, 6.07) is 8.31. The third kappa shape index (κ3) is 4.06. The van der Waals surface area contributed by atoms with Gasteiger partial charge in [-0.1, -0.05) is 31.1 Å². The molecule has 130 valence electrons. The van der Waals surface area contributed by atoms with Crippen molar-refractivity contribution in [1.82, 2.24) is 15.0 Å². The van der Waals surface area contributed by atoms with E-state index < -0.39 is 0 Å². The van der Waals surface area contributed by atoms with Crippen molar-refractivity contribution < 1.29 is 9.26 Å². The Labute approximate surface area is 143 Å². The van der Waals surface area contributed by atoms with Gasteiger partial charge in [-0.3, -0.25) is 4.90 Å². The summed E-state index contributed by atoms with van der Waals surface area (Å²) in [4.78, 5) is 9.23. The van der Waals surface area contributed by atoms with Gasteiger partial charge in [-0.15, -0.1) is 0 Å². The number of rotatable bonds is 6. The van der Waals surface area contributed by atoms with Gasteiger partial charge < -0.3 is 14.2 Å². The zero-order valence-corrected chi connectivity index (χ0v) is 14.7. The first-order chi connectivity index (χ1) is 11.7. The quantitative estimate of drug-likeness (QED) is 0.812. The Balaban J connectivity index is 1.60. The van der Waals surface area contributed by atoms with Gasteiger partial charge in [0.2, 0.25) is 5.82 Å². The molecular weight excluding hydrogens is 304 g/mol. The Morgan fingerprint density at radius 1 is 1.21 bits per heavy atom. The summed E-state index contributed by atoms with van der Waals surface area (Å²) < 4.78 is 10.7. The molecule has 0 aliphatic carbocycles. The third-order valence-electron chi connectivity index (χ3n) is 4.41. The summed E-state index contributed by atoms with van der Waals surface area (Å²) in [6.45, 7) is 9.66. The zero-order valence-electron chi connectivity index (χ0n) is 14.7. The molecule has 0 bridgehead atoms. The molecule has 1 aliphatic heterocycles. The van der Waals surface area contributed by atoms with Gasteiger partial charge in [-0.25, -0.2) is 0 Å². The summed E-state index contributed by atoms with van der Waals surface area (Å²) in [5.41, 5.74) is 0.903. The molecule has 0 amide bonds. The van der Waals surface area contributed by atoms with Gasteiger partial charge in [0, 0.05) is 31.7 Å². The van der Waals surface area contributed by atoms with Gasteiger partial charge in [-0.05, 0) is 31.0 Å². The minimum absolute atomic E-state index is 0.603. The summed E-state index contributed by atoms with van der Waals surface area (Å²) in [6.07, 6.45) is 1.25. The molecule has 3 rings (SSSR count). The molecule has 1 aliphatic rings. The molecule has 2 aromatic rings. The maximum absolute atomic E-state index is 5.47. The van der Waals surface area contributed by atoms with E-state index in [1.165, 1.54) is 13.0 Å². The molecular formula is C18H26N4O2. The van der Waals surface area contributed by atoms with Crippen LogP contribution in [0.2, 0.25) is 0 Å². The Morgan fingerprint density at radius 3 is 2.71 bits per heavy atom. The van der Waals surface area contributed by atoms with E-state index in [2.05, 4.69) is 33.8 Å². The molecule has 24 heavy (non-hydrogen) atoms. The highest BCUT2D eigenvalue weighted by molar-refractivity contribution is 5.58. The van der Waals surface area contributed by atoms with Gasteiger partial charge in [0.15, 0.2) is 0 Å². The van der Waals surface area contributed by atoms with E-state index >= 15 is 0 Å². The number of anilines is 1. The van der Waals surface area contributed by atoms with Crippen molar-refractivity contribution in [3.8, 4) is 17.1 Å². The molecule has 1 saturated heterocycles. The second-order valence-electron chi connectivity index (χ2n) is 6.64. The molecule has 6 nitrogen and oxygen atoms in total. The first kappa shape index (κ1) is 16.8. The first-order valence-electron chi connectivity index (χ1n) is 8.61. The van der Waals surface area contributed by atoms with Crippen molar-refractivity contribution in [2.75, 3.05) is 44.7 Å². The predicted molar refractivity (Wildman–Crippen MR) is 94.4 cm³/mol. The minimum Gasteiger partial charge on any atom is -0.497 e. The molecule has 0 atom stereocenters.